The van der Waals surface area contributed by atoms with Crippen molar-refractivity contribution in [2.75, 3.05) is 6.61 Å². The molecule has 1 aliphatic heterocycles. The molecule has 2 atom stereocenters. The Hall–Kier alpha value is -1.95. The lowest BCUT2D eigenvalue weighted by Gasteiger charge is -2.24. The summed E-state index contributed by atoms with van der Waals surface area (Å²) in [5.41, 5.74) is 5.74. The minimum atomic E-state index is -0.978. The molecule has 6 heteroatoms. The maximum absolute atomic E-state index is 12.9. The molecule has 0 bridgehead atoms. The lowest BCUT2D eigenvalue weighted by Crippen LogP contribution is -2.44. The van der Waals surface area contributed by atoms with E-state index in [-0.39, 0.29) is 5.91 Å². The van der Waals surface area contributed by atoms with Crippen LogP contribution in [0.3, 0.4) is 0 Å². The van der Waals surface area contributed by atoms with E-state index in [4.69, 9.17) is 10.5 Å². The molecule has 0 saturated carbocycles. The molecule has 108 valence electrons. The van der Waals surface area contributed by atoms with Crippen LogP contribution in [-0.4, -0.2) is 24.5 Å². The number of hydrogen-bond acceptors (Lipinski definition) is 3. The second-order valence-electron chi connectivity index (χ2n) is 4.75. The fourth-order valence-electron chi connectivity index (χ4n) is 2.16. The predicted octanol–water partition coefficient (Wildman–Crippen LogP) is 1.04. The first kappa shape index (κ1) is 14.5. The third kappa shape index (κ3) is 3.54. The van der Waals surface area contributed by atoms with Crippen LogP contribution in [0.15, 0.2) is 24.3 Å². The number of nitrogens with two attached hydrogens (primary N) is 1. The Morgan fingerprint density at radius 1 is 1.30 bits per heavy atom. The lowest BCUT2D eigenvalue weighted by atomic mass is 10.0. The summed E-state index contributed by atoms with van der Waals surface area (Å²) in [5.74, 6) is -1.47. The van der Waals surface area contributed by atoms with E-state index < -0.39 is 23.9 Å². The molecule has 0 aromatic heterocycles. The maximum atomic E-state index is 12.9. The molecule has 2 amide bonds. The van der Waals surface area contributed by atoms with Crippen molar-refractivity contribution in [3.05, 3.63) is 35.6 Å². The molecule has 0 unspecified atom stereocenters. The predicted molar refractivity (Wildman–Crippen MR) is 70.1 cm³/mol. The van der Waals surface area contributed by atoms with E-state index >= 15 is 0 Å². The molecule has 1 aromatic carbocycles. The van der Waals surface area contributed by atoms with Gasteiger partial charge < -0.3 is 15.8 Å². The quantitative estimate of drug-likeness (QED) is 0.864. The molecule has 20 heavy (non-hydrogen) atoms. The van der Waals surface area contributed by atoms with Crippen LogP contribution in [0.5, 0.6) is 0 Å². The Balaban J connectivity index is 2.07. The van der Waals surface area contributed by atoms with Gasteiger partial charge in [-0.2, -0.15) is 0 Å². The van der Waals surface area contributed by atoms with E-state index in [1.165, 1.54) is 24.3 Å². The van der Waals surface area contributed by atoms with E-state index in [2.05, 4.69) is 5.32 Å². The molecule has 1 heterocycles. The second kappa shape index (κ2) is 6.47. The van der Waals surface area contributed by atoms with E-state index in [0.717, 1.165) is 12.8 Å². The molecule has 2 rings (SSSR count). The molecule has 1 fully saturated rings. The monoisotopic (exact) mass is 280 g/mol. The Kier molecular flexibility index (Phi) is 4.68. The highest BCUT2D eigenvalue weighted by atomic mass is 19.1. The van der Waals surface area contributed by atoms with Crippen LogP contribution >= 0.6 is 0 Å². The highest BCUT2D eigenvalue weighted by Crippen LogP contribution is 2.17. The van der Waals surface area contributed by atoms with E-state index in [9.17, 15) is 14.0 Å². The van der Waals surface area contributed by atoms with E-state index in [1.807, 2.05) is 0 Å². The Morgan fingerprint density at radius 3 is 2.55 bits per heavy atom. The number of nitrogens with one attached hydrogen (secondary N) is 1. The summed E-state index contributed by atoms with van der Waals surface area (Å²) < 4.78 is 18.2. The summed E-state index contributed by atoms with van der Waals surface area (Å²) >= 11 is 0. The van der Waals surface area contributed by atoms with Gasteiger partial charge in [-0.1, -0.05) is 12.1 Å². The van der Waals surface area contributed by atoms with Gasteiger partial charge in [0.25, 0.3) is 0 Å². The van der Waals surface area contributed by atoms with Gasteiger partial charge in [0.05, 0.1) is 0 Å². The average Bonchev–Trinajstić information content (AvgIpc) is 2.46. The normalized spacial score (nSPS) is 20.1. The van der Waals surface area contributed by atoms with E-state index in [1.54, 1.807) is 0 Å². The zero-order valence-corrected chi connectivity index (χ0v) is 11.0. The first-order valence-electron chi connectivity index (χ1n) is 6.54. The number of carbonyl (C=O) groups excluding carboxylic acids is 2. The van der Waals surface area contributed by atoms with Crippen LogP contribution in [0.4, 0.5) is 4.39 Å². The highest BCUT2D eigenvalue weighted by Gasteiger charge is 2.27. The van der Waals surface area contributed by atoms with Gasteiger partial charge in [-0.15, -0.1) is 0 Å². The minimum absolute atomic E-state index is 0.363. The number of halogens is 1. The van der Waals surface area contributed by atoms with Gasteiger partial charge >= 0.3 is 0 Å². The SMILES string of the molecule is NC(=O)[C@@H](NC(=O)[C@H]1CCCCO1)c1ccc(F)cc1. The number of ether oxygens (including phenoxy) is 1. The Labute approximate surface area is 116 Å². The van der Waals surface area contributed by atoms with E-state index in [0.29, 0.717) is 18.6 Å². The fraction of sp³-hybridized carbons (Fsp3) is 0.429. The van der Waals surface area contributed by atoms with Gasteiger partial charge in [0.2, 0.25) is 11.8 Å². The summed E-state index contributed by atoms with van der Waals surface area (Å²) in [6.07, 6.45) is 1.92. The molecule has 1 aromatic rings. The second-order valence-corrected chi connectivity index (χ2v) is 4.75. The zero-order chi connectivity index (χ0) is 14.5. The largest absolute Gasteiger partial charge is 0.368 e. The highest BCUT2D eigenvalue weighted by molar-refractivity contribution is 5.89. The van der Waals surface area contributed by atoms with Crippen molar-refractivity contribution in [3.63, 3.8) is 0 Å². The summed E-state index contributed by atoms with van der Waals surface area (Å²) in [7, 11) is 0. The number of carbonyl (C=O) groups is 2. The van der Waals surface area contributed by atoms with Crippen LogP contribution in [0.25, 0.3) is 0 Å². The molecule has 1 saturated heterocycles. The van der Waals surface area contributed by atoms with Crippen molar-refractivity contribution >= 4 is 11.8 Å². The van der Waals surface area contributed by atoms with Crippen LogP contribution in [0.1, 0.15) is 30.9 Å². The lowest BCUT2D eigenvalue weighted by molar-refractivity contribution is -0.138. The van der Waals surface area contributed by atoms with Crippen LogP contribution in [-0.2, 0) is 14.3 Å². The van der Waals surface area contributed by atoms with Gasteiger partial charge in [0.1, 0.15) is 18.0 Å². The van der Waals surface area contributed by atoms with Crippen molar-refractivity contribution < 1.29 is 18.7 Å². The molecular formula is C14H17FN2O3. The Morgan fingerprint density at radius 2 is 2.00 bits per heavy atom. The summed E-state index contributed by atoms with van der Waals surface area (Å²) in [6, 6.07) is 4.30. The van der Waals surface area contributed by atoms with Crippen molar-refractivity contribution in [3.8, 4) is 0 Å². The van der Waals surface area contributed by atoms with Crippen molar-refractivity contribution in [1.29, 1.82) is 0 Å². The maximum Gasteiger partial charge on any atom is 0.250 e. The first-order chi connectivity index (χ1) is 9.58. The minimum Gasteiger partial charge on any atom is -0.368 e. The fourth-order valence-corrected chi connectivity index (χ4v) is 2.16. The van der Waals surface area contributed by atoms with Gasteiger partial charge in [-0.25, -0.2) is 4.39 Å². The molecule has 0 aliphatic carbocycles. The third-order valence-electron chi connectivity index (χ3n) is 3.25. The van der Waals surface area contributed by atoms with Gasteiger partial charge in [0, 0.05) is 6.61 Å². The van der Waals surface area contributed by atoms with Gasteiger partial charge in [-0.05, 0) is 37.0 Å². The molecular weight excluding hydrogens is 263 g/mol. The standard InChI is InChI=1S/C14H17FN2O3/c15-10-6-4-9(5-7-10)12(13(16)18)17-14(19)11-3-1-2-8-20-11/h4-7,11-12H,1-3,8H2,(H2,16,18)(H,17,19)/t11-,12+/m1/s1. The number of amides is 2. The Bertz CT molecular complexity index is 484. The van der Waals surface area contributed by atoms with Gasteiger partial charge in [0.15, 0.2) is 0 Å². The summed E-state index contributed by atoms with van der Waals surface area (Å²) in [5, 5.41) is 2.56. The summed E-state index contributed by atoms with van der Waals surface area (Å²) in [6.45, 7) is 0.538. The van der Waals surface area contributed by atoms with Crippen LogP contribution in [0, 0.1) is 5.82 Å². The topological polar surface area (TPSA) is 81.4 Å². The number of benzene rings is 1. The van der Waals surface area contributed by atoms with Crippen molar-refractivity contribution in [2.45, 2.75) is 31.4 Å². The van der Waals surface area contributed by atoms with Gasteiger partial charge in [-0.3, -0.25) is 9.59 Å². The average molecular weight is 280 g/mol. The molecule has 0 spiro atoms. The third-order valence-corrected chi connectivity index (χ3v) is 3.25. The number of primary amides is 1. The number of hydrogen-bond donors (Lipinski definition) is 2. The van der Waals surface area contributed by atoms with Crippen LogP contribution < -0.4 is 11.1 Å². The molecule has 3 N–H and O–H groups in total. The first-order valence-corrected chi connectivity index (χ1v) is 6.54. The van der Waals surface area contributed by atoms with Crippen molar-refractivity contribution in [2.24, 2.45) is 5.73 Å². The molecule has 1 aliphatic rings. The summed E-state index contributed by atoms with van der Waals surface area (Å²) in [4.78, 5) is 23.5. The smallest absolute Gasteiger partial charge is 0.250 e. The van der Waals surface area contributed by atoms with Crippen molar-refractivity contribution in [1.82, 2.24) is 5.32 Å². The molecule has 0 radical (unpaired) electrons. The molecule has 5 nitrogen and oxygen atoms in total. The zero-order valence-electron chi connectivity index (χ0n) is 11.0. The number of rotatable bonds is 4. The van der Waals surface area contributed by atoms with Crippen LogP contribution in [0.2, 0.25) is 0 Å².